The third-order valence-electron chi connectivity index (χ3n) is 4.38. The zero-order chi connectivity index (χ0) is 18.0. The van der Waals surface area contributed by atoms with Gasteiger partial charge in [0.05, 0.1) is 12.2 Å². The van der Waals surface area contributed by atoms with Gasteiger partial charge in [-0.3, -0.25) is 19.3 Å². The number of nitrogens with one attached hydrogen (secondary N) is 1. The molecule has 0 aliphatic carbocycles. The van der Waals surface area contributed by atoms with E-state index in [1.807, 2.05) is 14.0 Å². The van der Waals surface area contributed by atoms with Crippen LogP contribution in [-0.2, 0) is 18.4 Å². The van der Waals surface area contributed by atoms with E-state index >= 15 is 0 Å². The Morgan fingerprint density at radius 3 is 2.52 bits per heavy atom. The number of hydrogen-bond donors (Lipinski definition) is 1. The average molecular weight is 367 g/mol. The highest BCUT2D eigenvalue weighted by molar-refractivity contribution is 6.30. The number of aromatic nitrogens is 3. The SMILES string of the molecule is Cc1cc(NC(=O)CN2CCN(Cc3c(C)nn(C)c3Cl)CC2)no1. The number of hydrogen-bond acceptors (Lipinski definition) is 6. The number of halogens is 1. The van der Waals surface area contributed by atoms with Crippen molar-refractivity contribution < 1.29 is 9.32 Å². The fourth-order valence-electron chi connectivity index (χ4n) is 2.99. The van der Waals surface area contributed by atoms with Gasteiger partial charge >= 0.3 is 0 Å². The zero-order valence-corrected chi connectivity index (χ0v) is 15.5. The van der Waals surface area contributed by atoms with Crippen molar-refractivity contribution in [2.24, 2.45) is 7.05 Å². The first-order valence-corrected chi connectivity index (χ1v) is 8.66. The van der Waals surface area contributed by atoms with Crippen LogP contribution >= 0.6 is 11.6 Å². The molecule has 1 aliphatic rings. The number of nitrogens with zero attached hydrogens (tertiary/aromatic N) is 5. The van der Waals surface area contributed by atoms with Gasteiger partial charge in [-0.2, -0.15) is 5.10 Å². The monoisotopic (exact) mass is 366 g/mol. The summed E-state index contributed by atoms with van der Waals surface area (Å²) in [5.74, 6) is 1.06. The number of carbonyl (C=O) groups excluding carboxylic acids is 1. The molecule has 25 heavy (non-hydrogen) atoms. The van der Waals surface area contributed by atoms with Gasteiger partial charge in [0.25, 0.3) is 0 Å². The Kier molecular flexibility index (Phi) is 5.41. The van der Waals surface area contributed by atoms with Crippen LogP contribution in [-0.4, -0.2) is 63.4 Å². The fraction of sp³-hybridized carbons (Fsp3) is 0.562. The summed E-state index contributed by atoms with van der Waals surface area (Å²) >= 11 is 6.31. The highest BCUT2D eigenvalue weighted by Gasteiger charge is 2.22. The fourth-order valence-corrected chi connectivity index (χ4v) is 3.23. The third kappa shape index (κ3) is 4.39. The van der Waals surface area contributed by atoms with Gasteiger partial charge in [-0.05, 0) is 13.8 Å². The summed E-state index contributed by atoms with van der Waals surface area (Å²) in [7, 11) is 1.85. The van der Waals surface area contributed by atoms with Gasteiger partial charge in [-0.25, -0.2) is 0 Å². The van der Waals surface area contributed by atoms with E-state index in [0.29, 0.717) is 23.3 Å². The van der Waals surface area contributed by atoms with E-state index in [2.05, 4.69) is 25.4 Å². The number of carbonyl (C=O) groups is 1. The second kappa shape index (κ2) is 7.55. The van der Waals surface area contributed by atoms with Crippen molar-refractivity contribution in [3.8, 4) is 0 Å². The molecule has 9 heteroatoms. The lowest BCUT2D eigenvalue weighted by Gasteiger charge is -2.34. The molecule has 136 valence electrons. The summed E-state index contributed by atoms with van der Waals surface area (Å²) in [5.41, 5.74) is 2.05. The summed E-state index contributed by atoms with van der Waals surface area (Å²) in [6, 6.07) is 1.70. The third-order valence-corrected chi connectivity index (χ3v) is 4.85. The van der Waals surface area contributed by atoms with Crippen LogP contribution in [0.1, 0.15) is 17.0 Å². The van der Waals surface area contributed by atoms with Crippen LogP contribution in [0.3, 0.4) is 0 Å². The maximum Gasteiger partial charge on any atom is 0.239 e. The number of amides is 1. The van der Waals surface area contributed by atoms with Crippen LogP contribution in [0.15, 0.2) is 10.6 Å². The highest BCUT2D eigenvalue weighted by atomic mass is 35.5. The number of anilines is 1. The summed E-state index contributed by atoms with van der Waals surface area (Å²) in [4.78, 5) is 16.6. The molecular weight excluding hydrogens is 344 g/mol. The number of aryl methyl sites for hydroxylation is 3. The molecule has 1 N–H and O–H groups in total. The van der Waals surface area contributed by atoms with Crippen LogP contribution in [0, 0.1) is 13.8 Å². The minimum Gasteiger partial charge on any atom is -0.360 e. The van der Waals surface area contributed by atoms with Gasteiger partial charge in [-0.1, -0.05) is 16.8 Å². The Morgan fingerprint density at radius 2 is 1.96 bits per heavy atom. The Balaban J connectivity index is 1.46. The van der Waals surface area contributed by atoms with Crippen molar-refractivity contribution in [1.29, 1.82) is 0 Å². The van der Waals surface area contributed by atoms with Crippen LogP contribution in [0.5, 0.6) is 0 Å². The summed E-state index contributed by atoms with van der Waals surface area (Å²) in [6.07, 6.45) is 0. The second-order valence-electron chi connectivity index (χ2n) is 6.40. The molecule has 0 radical (unpaired) electrons. The van der Waals surface area contributed by atoms with Gasteiger partial charge in [-0.15, -0.1) is 0 Å². The molecule has 0 saturated carbocycles. The summed E-state index contributed by atoms with van der Waals surface area (Å²) in [6.45, 7) is 8.36. The van der Waals surface area contributed by atoms with Gasteiger partial charge in [0.1, 0.15) is 10.9 Å². The molecule has 1 amide bonds. The van der Waals surface area contributed by atoms with Crippen LogP contribution in [0.2, 0.25) is 5.15 Å². The molecular formula is C16H23ClN6O2. The summed E-state index contributed by atoms with van der Waals surface area (Å²) < 4.78 is 6.65. The van der Waals surface area contributed by atoms with E-state index in [1.165, 1.54) is 0 Å². The van der Waals surface area contributed by atoms with Crippen molar-refractivity contribution in [3.05, 3.63) is 28.2 Å². The van der Waals surface area contributed by atoms with E-state index in [0.717, 1.165) is 44.0 Å². The first-order valence-electron chi connectivity index (χ1n) is 8.28. The Hall–Kier alpha value is -1.90. The highest BCUT2D eigenvalue weighted by Crippen LogP contribution is 2.21. The Bertz CT molecular complexity index is 748. The molecule has 1 saturated heterocycles. The minimum absolute atomic E-state index is 0.0760. The van der Waals surface area contributed by atoms with Crippen molar-refractivity contribution in [3.63, 3.8) is 0 Å². The predicted octanol–water partition coefficient (Wildman–Crippen LogP) is 1.43. The first-order chi connectivity index (χ1) is 11.9. The van der Waals surface area contributed by atoms with Crippen LogP contribution < -0.4 is 5.32 Å². The van der Waals surface area contributed by atoms with Gasteiger partial charge in [0, 0.05) is 51.4 Å². The predicted molar refractivity (Wildman–Crippen MR) is 94.5 cm³/mol. The van der Waals surface area contributed by atoms with E-state index in [-0.39, 0.29) is 5.91 Å². The number of rotatable bonds is 5. The lowest BCUT2D eigenvalue weighted by Crippen LogP contribution is -2.48. The molecule has 0 bridgehead atoms. The van der Waals surface area contributed by atoms with Crippen LogP contribution in [0.25, 0.3) is 0 Å². The lowest BCUT2D eigenvalue weighted by atomic mass is 10.2. The molecule has 2 aromatic rings. The molecule has 0 atom stereocenters. The van der Waals surface area contributed by atoms with Crippen molar-refractivity contribution >= 4 is 23.3 Å². The second-order valence-corrected chi connectivity index (χ2v) is 6.76. The standard InChI is InChI=1S/C16H23ClN6O2/c1-11-8-14(20-25-11)18-15(24)10-23-6-4-22(5-7-23)9-13-12(2)19-21(3)16(13)17/h8H,4-7,9-10H2,1-3H3,(H,18,20,24). The van der Waals surface area contributed by atoms with Gasteiger partial charge in [0.2, 0.25) is 5.91 Å². The number of piperazine rings is 1. The van der Waals surface area contributed by atoms with Crippen molar-refractivity contribution in [2.75, 3.05) is 38.0 Å². The van der Waals surface area contributed by atoms with Crippen LogP contribution in [0.4, 0.5) is 5.82 Å². The molecule has 0 aromatic carbocycles. The van der Waals surface area contributed by atoms with Gasteiger partial charge in [0.15, 0.2) is 5.82 Å². The Morgan fingerprint density at radius 1 is 1.28 bits per heavy atom. The molecule has 3 heterocycles. The smallest absolute Gasteiger partial charge is 0.239 e. The van der Waals surface area contributed by atoms with Crippen molar-refractivity contribution in [2.45, 2.75) is 20.4 Å². The molecule has 8 nitrogen and oxygen atoms in total. The maximum atomic E-state index is 12.1. The van der Waals surface area contributed by atoms with E-state index < -0.39 is 0 Å². The van der Waals surface area contributed by atoms with E-state index in [4.69, 9.17) is 16.1 Å². The maximum absolute atomic E-state index is 12.1. The topological polar surface area (TPSA) is 79.4 Å². The minimum atomic E-state index is -0.0760. The molecule has 1 fully saturated rings. The quantitative estimate of drug-likeness (QED) is 0.862. The van der Waals surface area contributed by atoms with E-state index in [1.54, 1.807) is 17.7 Å². The molecule has 0 unspecified atom stereocenters. The lowest BCUT2D eigenvalue weighted by molar-refractivity contribution is -0.117. The van der Waals surface area contributed by atoms with E-state index in [9.17, 15) is 4.79 Å². The largest absolute Gasteiger partial charge is 0.360 e. The average Bonchev–Trinajstić information content (AvgIpc) is 3.07. The van der Waals surface area contributed by atoms with Crippen molar-refractivity contribution in [1.82, 2.24) is 24.7 Å². The zero-order valence-electron chi connectivity index (χ0n) is 14.8. The normalized spacial score (nSPS) is 16.3. The molecule has 2 aromatic heterocycles. The molecule has 0 spiro atoms. The summed E-state index contributed by atoms with van der Waals surface area (Å²) in [5, 5.41) is 11.6. The van der Waals surface area contributed by atoms with Gasteiger partial charge < -0.3 is 9.84 Å². The Labute approximate surface area is 151 Å². The first kappa shape index (κ1) is 17.9. The molecule has 3 rings (SSSR count). The molecule has 1 aliphatic heterocycles.